The van der Waals surface area contributed by atoms with E-state index in [1.54, 1.807) is 12.5 Å². The molecule has 0 aliphatic carbocycles. The molecule has 0 aromatic carbocycles. The molecule has 0 amide bonds. The van der Waals surface area contributed by atoms with Gasteiger partial charge in [0, 0.05) is 28.9 Å². The smallest absolute Gasteiger partial charge is 0.0659 e. The summed E-state index contributed by atoms with van der Waals surface area (Å²) in [5.41, 5.74) is 9.35. The number of nitrogen functional groups attached to an aromatic ring is 1. The van der Waals surface area contributed by atoms with Gasteiger partial charge in [-0.3, -0.25) is 9.19 Å². The number of hydrogen-bond acceptors (Lipinski definition) is 3. The quantitative estimate of drug-likeness (QED) is 0.775. The molecule has 72 valence electrons. The number of aryl methyl sites for hydroxylation is 1. The van der Waals surface area contributed by atoms with E-state index < -0.39 is 10.8 Å². The lowest BCUT2D eigenvalue weighted by atomic mass is 10.1. The first-order valence-electron chi connectivity index (χ1n) is 4.03. The minimum Gasteiger partial charge on any atom is -0.398 e. The zero-order valence-electron chi connectivity index (χ0n) is 8.13. The van der Waals surface area contributed by atoms with E-state index in [1.165, 1.54) is 0 Å². The Balaban J connectivity index is 3.10. The Morgan fingerprint density at radius 1 is 1.54 bits per heavy atom. The highest BCUT2D eigenvalue weighted by atomic mass is 32.2. The summed E-state index contributed by atoms with van der Waals surface area (Å²) in [7, 11) is -0.860. The molecule has 1 aromatic rings. The van der Waals surface area contributed by atoms with Crippen LogP contribution in [0.4, 0.5) is 5.69 Å². The van der Waals surface area contributed by atoms with E-state index in [4.69, 9.17) is 5.73 Å². The molecular formula is C9H14N2OS. The molecule has 3 nitrogen and oxygen atoms in total. The van der Waals surface area contributed by atoms with Gasteiger partial charge in [0.15, 0.2) is 0 Å². The first-order valence-corrected chi connectivity index (χ1v) is 5.75. The van der Waals surface area contributed by atoms with Crippen molar-refractivity contribution in [1.29, 1.82) is 0 Å². The summed E-state index contributed by atoms with van der Waals surface area (Å²) in [4.78, 5) is 4.21. The molecule has 4 heteroatoms. The monoisotopic (exact) mass is 198 g/mol. The van der Waals surface area contributed by atoms with Gasteiger partial charge in [-0.15, -0.1) is 0 Å². The Morgan fingerprint density at radius 3 is 2.69 bits per heavy atom. The molecule has 1 rings (SSSR count). The summed E-state index contributed by atoms with van der Waals surface area (Å²) in [5.74, 6) is 0.482. The van der Waals surface area contributed by atoms with Crippen molar-refractivity contribution in [2.75, 3.05) is 12.0 Å². The SMILES string of the molecule is Cc1cnc(CS(C)=O)c(C)c1N. The van der Waals surface area contributed by atoms with Crippen LogP contribution in [0, 0.1) is 13.8 Å². The number of anilines is 1. The van der Waals surface area contributed by atoms with Crippen molar-refractivity contribution < 1.29 is 4.21 Å². The molecule has 1 unspecified atom stereocenters. The van der Waals surface area contributed by atoms with Crippen molar-refractivity contribution in [3.63, 3.8) is 0 Å². The Bertz CT molecular complexity index is 350. The zero-order chi connectivity index (χ0) is 10.0. The van der Waals surface area contributed by atoms with E-state index in [0.29, 0.717) is 5.75 Å². The third kappa shape index (κ3) is 2.28. The van der Waals surface area contributed by atoms with Crippen LogP contribution in [-0.4, -0.2) is 15.4 Å². The molecule has 0 bridgehead atoms. The van der Waals surface area contributed by atoms with Gasteiger partial charge in [-0.25, -0.2) is 0 Å². The molecule has 13 heavy (non-hydrogen) atoms. The van der Waals surface area contributed by atoms with E-state index in [1.807, 2.05) is 13.8 Å². The first-order chi connectivity index (χ1) is 6.02. The molecule has 1 aromatic heterocycles. The predicted molar refractivity (Wildman–Crippen MR) is 55.9 cm³/mol. The van der Waals surface area contributed by atoms with Crippen molar-refractivity contribution in [2.24, 2.45) is 0 Å². The third-order valence-corrected chi connectivity index (χ3v) is 2.70. The van der Waals surface area contributed by atoms with E-state index in [2.05, 4.69) is 4.98 Å². The van der Waals surface area contributed by atoms with Crippen LogP contribution in [0.2, 0.25) is 0 Å². The predicted octanol–water partition coefficient (Wildman–Crippen LogP) is 1.16. The minimum atomic E-state index is -0.860. The van der Waals surface area contributed by atoms with Crippen molar-refractivity contribution in [3.8, 4) is 0 Å². The number of rotatable bonds is 2. The molecule has 0 radical (unpaired) electrons. The minimum absolute atomic E-state index is 0.482. The maximum Gasteiger partial charge on any atom is 0.0659 e. The van der Waals surface area contributed by atoms with E-state index in [9.17, 15) is 4.21 Å². The van der Waals surface area contributed by atoms with Gasteiger partial charge in [-0.2, -0.15) is 0 Å². The van der Waals surface area contributed by atoms with E-state index in [-0.39, 0.29) is 0 Å². The summed E-state index contributed by atoms with van der Waals surface area (Å²) < 4.78 is 11.0. The second-order valence-electron chi connectivity index (χ2n) is 3.14. The fourth-order valence-electron chi connectivity index (χ4n) is 1.13. The fourth-order valence-corrected chi connectivity index (χ4v) is 1.81. The number of pyridine rings is 1. The molecule has 0 saturated carbocycles. The summed E-state index contributed by atoms with van der Waals surface area (Å²) in [6.45, 7) is 3.83. The number of nitrogens with zero attached hydrogens (tertiary/aromatic N) is 1. The molecule has 0 spiro atoms. The maximum atomic E-state index is 11.0. The summed E-state index contributed by atoms with van der Waals surface area (Å²) in [6, 6.07) is 0. The summed E-state index contributed by atoms with van der Waals surface area (Å²) in [6.07, 6.45) is 3.39. The molecule has 1 atom stereocenters. The van der Waals surface area contributed by atoms with Crippen molar-refractivity contribution in [1.82, 2.24) is 4.98 Å². The van der Waals surface area contributed by atoms with Crippen molar-refractivity contribution in [2.45, 2.75) is 19.6 Å². The van der Waals surface area contributed by atoms with Gasteiger partial charge < -0.3 is 5.73 Å². The standard InChI is InChI=1S/C9H14N2OS/c1-6-4-11-8(5-13(3)12)7(2)9(6)10/h4H,5H2,1-3H3,(H2,10,11). The Hall–Kier alpha value is -0.900. The molecule has 0 saturated heterocycles. The average Bonchev–Trinajstić information content (AvgIpc) is 2.06. The van der Waals surface area contributed by atoms with Gasteiger partial charge >= 0.3 is 0 Å². The average molecular weight is 198 g/mol. The Morgan fingerprint density at radius 2 is 2.15 bits per heavy atom. The van der Waals surface area contributed by atoms with Gasteiger partial charge in [-0.1, -0.05) is 0 Å². The van der Waals surface area contributed by atoms with E-state index in [0.717, 1.165) is 22.5 Å². The second-order valence-corrected chi connectivity index (χ2v) is 4.58. The fraction of sp³-hybridized carbons (Fsp3) is 0.444. The van der Waals surface area contributed by atoms with Crippen molar-refractivity contribution in [3.05, 3.63) is 23.0 Å². The van der Waals surface area contributed by atoms with Crippen LogP contribution in [0.1, 0.15) is 16.8 Å². The molecule has 0 aliphatic heterocycles. The molecule has 2 N–H and O–H groups in total. The van der Waals surface area contributed by atoms with Crippen LogP contribution in [0.3, 0.4) is 0 Å². The lowest BCUT2D eigenvalue weighted by Crippen LogP contribution is -2.03. The first kappa shape index (κ1) is 10.2. The molecular weight excluding hydrogens is 184 g/mol. The topological polar surface area (TPSA) is 56.0 Å². The van der Waals surface area contributed by atoms with Gasteiger partial charge in [0.1, 0.15) is 0 Å². The lowest BCUT2D eigenvalue weighted by Gasteiger charge is -2.08. The Kier molecular flexibility index (Phi) is 3.03. The second kappa shape index (κ2) is 3.87. The van der Waals surface area contributed by atoms with E-state index >= 15 is 0 Å². The number of hydrogen-bond donors (Lipinski definition) is 1. The largest absolute Gasteiger partial charge is 0.398 e. The molecule has 1 heterocycles. The van der Waals surface area contributed by atoms with Crippen LogP contribution in [0.5, 0.6) is 0 Å². The van der Waals surface area contributed by atoms with Crippen LogP contribution in [-0.2, 0) is 16.6 Å². The van der Waals surface area contributed by atoms with Gasteiger partial charge in [0.2, 0.25) is 0 Å². The van der Waals surface area contributed by atoms with Gasteiger partial charge in [0.25, 0.3) is 0 Å². The van der Waals surface area contributed by atoms with Crippen LogP contribution in [0.15, 0.2) is 6.20 Å². The summed E-state index contributed by atoms with van der Waals surface area (Å²) in [5, 5.41) is 0. The lowest BCUT2D eigenvalue weighted by molar-refractivity contribution is 0.685. The number of nitrogens with two attached hydrogens (primary N) is 1. The highest BCUT2D eigenvalue weighted by Crippen LogP contribution is 2.18. The number of aromatic nitrogens is 1. The maximum absolute atomic E-state index is 11.0. The zero-order valence-corrected chi connectivity index (χ0v) is 8.94. The summed E-state index contributed by atoms with van der Waals surface area (Å²) >= 11 is 0. The molecule has 0 aliphatic rings. The van der Waals surface area contributed by atoms with Crippen LogP contribution < -0.4 is 5.73 Å². The highest BCUT2D eigenvalue weighted by Gasteiger charge is 2.06. The van der Waals surface area contributed by atoms with Crippen LogP contribution >= 0.6 is 0 Å². The van der Waals surface area contributed by atoms with Gasteiger partial charge in [0.05, 0.1) is 11.4 Å². The third-order valence-electron chi connectivity index (χ3n) is 2.02. The normalized spacial score (nSPS) is 12.8. The van der Waals surface area contributed by atoms with Crippen LogP contribution in [0.25, 0.3) is 0 Å². The molecule has 0 fully saturated rings. The van der Waals surface area contributed by atoms with Crippen molar-refractivity contribution >= 4 is 16.5 Å². The Labute approximate surface area is 80.8 Å². The highest BCUT2D eigenvalue weighted by molar-refractivity contribution is 7.83. The van der Waals surface area contributed by atoms with Gasteiger partial charge in [-0.05, 0) is 25.0 Å².